The highest BCUT2D eigenvalue weighted by Crippen LogP contribution is 2.43. The molecule has 0 bridgehead atoms. The monoisotopic (exact) mass is 392 g/mol. The molecule has 1 aliphatic heterocycles. The second-order valence-corrected chi connectivity index (χ2v) is 7.53. The summed E-state index contributed by atoms with van der Waals surface area (Å²) in [5, 5.41) is 2.74. The lowest BCUT2D eigenvalue weighted by molar-refractivity contribution is -0.115. The van der Waals surface area contributed by atoms with Crippen molar-refractivity contribution in [2.24, 2.45) is 0 Å². The topological polar surface area (TPSA) is 62.6 Å². The van der Waals surface area contributed by atoms with Gasteiger partial charge in [0.2, 0.25) is 5.91 Å². The molecule has 4 rings (SSSR count). The van der Waals surface area contributed by atoms with E-state index in [-0.39, 0.29) is 22.9 Å². The molecule has 0 unspecified atom stereocenters. The first-order chi connectivity index (χ1) is 13.7. The zero-order valence-corrected chi connectivity index (χ0v) is 16.2. The van der Waals surface area contributed by atoms with Crippen molar-refractivity contribution in [3.63, 3.8) is 0 Å². The van der Waals surface area contributed by atoms with Gasteiger partial charge in [-0.05, 0) is 47.9 Å². The van der Waals surface area contributed by atoms with Crippen LogP contribution < -0.4 is 10.2 Å². The number of rotatable bonds is 5. The maximum absolute atomic E-state index is 12.6. The number of amides is 2. The van der Waals surface area contributed by atoms with E-state index < -0.39 is 0 Å². The summed E-state index contributed by atoms with van der Waals surface area (Å²) in [6.07, 6.45) is 2.34. The molecule has 2 aromatic carbocycles. The van der Waals surface area contributed by atoms with E-state index in [2.05, 4.69) is 18.3 Å². The highest BCUT2D eigenvalue weighted by atomic mass is 32.2. The predicted octanol–water partition coefficient (Wildman–Crippen LogP) is 4.87. The van der Waals surface area contributed by atoms with Gasteiger partial charge in [0.25, 0.3) is 5.91 Å². The van der Waals surface area contributed by atoms with Gasteiger partial charge in [-0.15, -0.1) is 11.8 Å². The van der Waals surface area contributed by atoms with Crippen molar-refractivity contribution in [2.75, 3.05) is 16.0 Å². The summed E-state index contributed by atoms with van der Waals surface area (Å²) in [5.41, 5.74) is 3.84. The zero-order chi connectivity index (χ0) is 19.5. The molecule has 0 spiro atoms. The second kappa shape index (κ2) is 7.94. The summed E-state index contributed by atoms with van der Waals surface area (Å²) in [7, 11) is 0. The van der Waals surface area contributed by atoms with Crippen LogP contribution in [0, 0.1) is 0 Å². The number of hydrogen-bond acceptors (Lipinski definition) is 4. The van der Waals surface area contributed by atoms with E-state index in [1.165, 1.54) is 6.26 Å². The number of furan rings is 1. The fourth-order valence-corrected chi connectivity index (χ4v) is 4.48. The Morgan fingerprint density at radius 1 is 1.14 bits per heavy atom. The number of nitrogens with one attached hydrogen (secondary N) is 1. The molecule has 1 N–H and O–H groups in total. The van der Waals surface area contributed by atoms with E-state index in [1.807, 2.05) is 47.4 Å². The van der Waals surface area contributed by atoms with E-state index in [0.29, 0.717) is 11.4 Å². The number of carbonyl (C=O) groups is 2. The molecule has 1 fully saturated rings. The van der Waals surface area contributed by atoms with Crippen LogP contribution in [0.5, 0.6) is 0 Å². The zero-order valence-electron chi connectivity index (χ0n) is 15.4. The molecule has 0 radical (unpaired) electrons. The molecule has 0 aliphatic carbocycles. The minimum absolute atomic E-state index is 0.0741. The van der Waals surface area contributed by atoms with Crippen LogP contribution in [0.15, 0.2) is 71.3 Å². The molecule has 0 saturated carbocycles. The van der Waals surface area contributed by atoms with E-state index in [1.54, 1.807) is 23.9 Å². The molecule has 142 valence electrons. The standard InChI is InChI=1S/C22H20N2O3S/c1-2-15-6-3-4-7-18(15)24-20(25)14-28-22(24)16-9-11-17(12-10-16)23-21(26)19-8-5-13-27-19/h3-13,22H,2,14H2,1H3,(H,23,26)/t22-/m0/s1. The van der Waals surface area contributed by atoms with Crippen LogP contribution >= 0.6 is 11.8 Å². The summed E-state index contributed by atoms with van der Waals surface area (Å²) in [6, 6.07) is 18.9. The van der Waals surface area contributed by atoms with Crippen LogP contribution in [0.25, 0.3) is 0 Å². The normalized spacial score (nSPS) is 16.4. The Morgan fingerprint density at radius 2 is 1.93 bits per heavy atom. The second-order valence-electron chi connectivity index (χ2n) is 6.46. The van der Waals surface area contributed by atoms with Gasteiger partial charge in [0.1, 0.15) is 5.37 Å². The fourth-order valence-electron chi connectivity index (χ4n) is 3.31. The summed E-state index contributed by atoms with van der Waals surface area (Å²) in [4.78, 5) is 26.6. The number of thioether (sulfide) groups is 1. The van der Waals surface area contributed by atoms with E-state index >= 15 is 0 Å². The minimum Gasteiger partial charge on any atom is -0.459 e. The van der Waals surface area contributed by atoms with Crippen LogP contribution in [0.4, 0.5) is 11.4 Å². The molecule has 3 aromatic rings. The maximum atomic E-state index is 12.6. The lowest BCUT2D eigenvalue weighted by Crippen LogP contribution is -2.28. The van der Waals surface area contributed by atoms with Crippen LogP contribution in [-0.2, 0) is 11.2 Å². The summed E-state index contributed by atoms with van der Waals surface area (Å²) in [5.74, 6) is 0.552. The van der Waals surface area contributed by atoms with Gasteiger partial charge in [-0.1, -0.05) is 37.3 Å². The van der Waals surface area contributed by atoms with Crippen molar-refractivity contribution in [2.45, 2.75) is 18.7 Å². The number of nitrogens with zero attached hydrogens (tertiary/aromatic N) is 1. The number of carbonyl (C=O) groups excluding carboxylic acids is 2. The average Bonchev–Trinajstić information content (AvgIpc) is 3.39. The van der Waals surface area contributed by atoms with Gasteiger partial charge >= 0.3 is 0 Å². The van der Waals surface area contributed by atoms with Crippen molar-refractivity contribution in [1.82, 2.24) is 0 Å². The highest BCUT2D eigenvalue weighted by molar-refractivity contribution is 8.00. The fraction of sp³-hybridized carbons (Fsp3) is 0.182. The van der Waals surface area contributed by atoms with Gasteiger partial charge in [-0.3, -0.25) is 14.5 Å². The summed E-state index contributed by atoms with van der Waals surface area (Å²) >= 11 is 1.62. The Labute approximate surface area is 167 Å². The Hall–Kier alpha value is -2.99. The molecule has 2 amide bonds. The quantitative estimate of drug-likeness (QED) is 0.673. The summed E-state index contributed by atoms with van der Waals surface area (Å²) in [6.45, 7) is 2.10. The largest absolute Gasteiger partial charge is 0.459 e. The maximum Gasteiger partial charge on any atom is 0.291 e. The lowest BCUT2D eigenvalue weighted by Gasteiger charge is -2.26. The summed E-state index contributed by atoms with van der Waals surface area (Å²) < 4.78 is 5.11. The van der Waals surface area contributed by atoms with Crippen LogP contribution in [0.3, 0.4) is 0 Å². The van der Waals surface area contributed by atoms with Crippen molar-refractivity contribution in [3.8, 4) is 0 Å². The van der Waals surface area contributed by atoms with Crippen molar-refractivity contribution in [1.29, 1.82) is 0 Å². The molecule has 2 heterocycles. The number of hydrogen-bond donors (Lipinski definition) is 1. The first kappa shape index (κ1) is 18.4. The molecular weight excluding hydrogens is 372 g/mol. The molecule has 5 nitrogen and oxygen atoms in total. The Balaban J connectivity index is 1.56. The minimum atomic E-state index is -0.290. The molecule has 1 aromatic heterocycles. The number of benzene rings is 2. The van der Waals surface area contributed by atoms with Gasteiger partial charge in [-0.2, -0.15) is 0 Å². The third-order valence-corrected chi connectivity index (χ3v) is 5.91. The van der Waals surface area contributed by atoms with E-state index in [0.717, 1.165) is 23.2 Å². The molecule has 1 atom stereocenters. The van der Waals surface area contributed by atoms with E-state index in [9.17, 15) is 9.59 Å². The van der Waals surface area contributed by atoms with Crippen LogP contribution in [0.2, 0.25) is 0 Å². The van der Waals surface area contributed by atoms with Crippen LogP contribution in [-0.4, -0.2) is 17.6 Å². The van der Waals surface area contributed by atoms with Crippen molar-refractivity contribution >= 4 is 35.0 Å². The Kier molecular flexibility index (Phi) is 5.21. The first-order valence-corrected chi connectivity index (χ1v) is 10.2. The number of para-hydroxylation sites is 1. The van der Waals surface area contributed by atoms with Crippen LogP contribution in [0.1, 0.15) is 34.0 Å². The van der Waals surface area contributed by atoms with Crippen molar-refractivity contribution < 1.29 is 14.0 Å². The van der Waals surface area contributed by atoms with Gasteiger partial charge in [-0.25, -0.2) is 0 Å². The highest BCUT2D eigenvalue weighted by Gasteiger charge is 2.34. The third-order valence-electron chi connectivity index (χ3n) is 4.70. The molecular formula is C22H20N2O3S. The van der Waals surface area contributed by atoms with Gasteiger partial charge in [0.05, 0.1) is 12.0 Å². The van der Waals surface area contributed by atoms with Gasteiger partial charge in [0, 0.05) is 11.4 Å². The predicted molar refractivity (Wildman–Crippen MR) is 112 cm³/mol. The van der Waals surface area contributed by atoms with Gasteiger partial charge in [0.15, 0.2) is 5.76 Å². The van der Waals surface area contributed by atoms with Gasteiger partial charge < -0.3 is 9.73 Å². The lowest BCUT2D eigenvalue weighted by atomic mass is 10.1. The third kappa shape index (κ3) is 3.55. The molecule has 6 heteroatoms. The number of aryl methyl sites for hydroxylation is 1. The van der Waals surface area contributed by atoms with E-state index in [4.69, 9.17) is 4.42 Å². The first-order valence-electron chi connectivity index (χ1n) is 9.13. The molecule has 28 heavy (non-hydrogen) atoms. The molecule has 1 aliphatic rings. The molecule has 1 saturated heterocycles. The average molecular weight is 392 g/mol. The Morgan fingerprint density at radius 3 is 2.64 bits per heavy atom. The smallest absolute Gasteiger partial charge is 0.291 e. The Bertz CT molecular complexity index is 983. The van der Waals surface area contributed by atoms with Crippen molar-refractivity contribution in [3.05, 3.63) is 83.8 Å². The SMILES string of the molecule is CCc1ccccc1N1C(=O)CS[C@H]1c1ccc(NC(=O)c2ccco2)cc1. The number of anilines is 2.